The molecule has 0 saturated carbocycles. The second-order valence-electron chi connectivity index (χ2n) is 4.89. The summed E-state index contributed by atoms with van der Waals surface area (Å²) in [4.78, 5) is 11.9. The Morgan fingerprint density at radius 2 is 1.76 bits per heavy atom. The average molecular weight is 334 g/mol. The van der Waals surface area contributed by atoms with E-state index in [9.17, 15) is 13.2 Å². The number of hydrogen-bond donors (Lipinski definition) is 1. The van der Waals surface area contributed by atoms with Crippen molar-refractivity contribution >= 4 is 27.7 Å². The fourth-order valence-electron chi connectivity index (χ4n) is 1.68. The fraction of sp³-hybridized carbons (Fsp3) is 0.462. The minimum Gasteiger partial charge on any atom is -0.348 e. The highest BCUT2D eigenvalue weighted by Gasteiger charge is 2.23. The number of carbonyl (C=O) groups excluding carboxylic acids is 1. The zero-order valence-corrected chi connectivity index (χ0v) is 14.1. The molecule has 1 aromatic carbocycles. The van der Waals surface area contributed by atoms with Crippen LogP contribution >= 0.6 is 11.6 Å². The summed E-state index contributed by atoms with van der Waals surface area (Å²) in [5.41, 5.74) is 0.894. The molecule has 1 rings (SSSR count). The topological polar surface area (TPSA) is 69.7 Å². The molecule has 21 heavy (non-hydrogen) atoms. The van der Waals surface area contributed by atoms with Gasteiger partial charge in [0.15, 0.2) is 0 Å². The number of nitrogens with zero attached hydrogens (tertiary/aromatic N) is 2. The summed E-state index contributed by atoms with van der Waals surface area (Å²) < 4.78 is 25.7. The van der Waals surface area contributed by atoms with Crippen molar-refractivity contribution in [1.82, 2.24) is 13.9 Å². The van der Waals surface area contributed by atoms with E-state index < -0.39 is 10.2 Å². The lowest BCUT2D eigenvalue weighted by Crippen LogP contribution is -2.43. The first kappa shape index (κ1) is 17.9. The van der Waals surface area contributed by atoms with Gasteiger partial charge in [0.05, 0.1) is 12.6 Å². The summed E-state index contributed by atoms with van der Waals surface area (Å²) in [5.74, 6) is -0.370. The molecule has 1 atom stereocenters. The van der Waals surface area contributed by atoms with Crippen LogP contribution in [0.1, 0.15) is 18.5 Å². The van der Waals surface area contributed by atoms with Gasteiger partial charge in [-0.2, -0.15) is 17.0 Å². The third-order valence-corrected chi connectivity index (χ3v) is 5.06. The molecule has 6 nitrogen and oxygen atoms in total. The first-order chi connectivity index (χ1) is 9.64. The fourth-order valence-corrected chi connectivity index (χ4v) is 2.65. The highest BCUT2D eigenvalue weighted by molar-refractivity contribution is 7.86. The van der Waals surface area contributed by atoms with Gasteiger partial charge in [-0.25, -0.2) is 0 Å². The summed E-state index contributed by atoms with van der Waals surface area (Å²) in [6.07, 6.45) is 0. The van der Waals surface area contributed by atoms with Crippen molar-refractivity contribution < 1.29 is 13.2 Å². The van der Waals surface area contributed by atoms with Crippen LogP contribution in [0.2, 0.25) is 5.02 Å². The molecule has 0 aliphatic rings. The second kappa shape index (κ2) is 7.22. The minimum absolute atomic E-state index is 0.231. The number of amides is 1. The zero-order chi connectivity index (χ0) is 16.2. The molecular formula is C13H20ClN3O3S. The number of hydrogen-bond acceptors (Lipinski definition) is 3. The molecule has 0 bridgehead atoms. The van der Waals surface area contributed by atoms with Crippen LogP contribution < -0.4 is 5.32 Å². The van der Waals surface area contributed by atoms with E-state index in [1.165, 1.54) is 21.1 Å². The Morgan fingerprint density at radius 3 is 2.24 bits per heavy atom. The van der Waals surface area contributed by atoms with E-state index in [0.717, 1.165) is 14.2 Å². The molecule has 0 fully saturated rings. The van der Waals surface area contributed by atoms with Crippen LogP contribution in [0.15, 0.2) is 24.3 Å². The highest BCUT2D eigenvalue weighted by atomic mass is 35.5. The predicted molar refractivity (Wildman–Crippen MR) is 83.2 cm³/mol. The van der Waals surface area contributed by atoms with Crippen LogP contribution in [-0.2, 0) is 15.0 Å². The van der Waals surface area contributed by atoms with Crippen molar-refractivity contribution in [3.8, 4) is 0 Å². The number of likely N-dealkylation sites (N-methyl/N-ethyl adjacent to an activating group) is 1. The van der Waals surface area contributed by atoms with Gasteiger partial charge in [-0.15, -0.1) is 0 Å². The summed E-state index contributed by atoms with van der Waals surface area (Å²) >= 11 is 5.81. The maximum absolute atomic E-state index is 11.9. The SMILES string of the molecule is CC(NC(=O)CN(C)S(=O)(=O)N(C)C)c1ccc(Cl)cc1. The van der Waals surface area contributed by atoms with E-state index in [1.807, 2.05) is 19.1 Å². The largest absolute Gasteiger partial charge is 0.348 e. The van der Waals surface area contributed by atoms with E-state index in [-0.39, 0.29) is 18.5 Å². The molecule has 1 N–H and O–H groups in total. The number of carbonyl (C=O) groups is 1. The Hall–Kier alpha value is -1.15. The third-order valence-electron chi connectivity index (χ3n) is 2.97. The molecule has 0 radical (unpaired) electrons. The van der Waals surface area contributed by atoms with Crippen LogP contribution in [-0.4, -0.2) is 50.6 Å². The summed E-state index contributed by atoms with van der Waals surface area (Å²) in [6.45, 7) is 1.58. The first-order valence-electron chi connectivity index (χ1n) is 6.33. The van der Waals surface area contributed by atoms with E-state index in [1.54, 1.807) is 12.1 Å². The quantitative estimate of drug-likeness (QED) is 0.852. The average Bonchev–Trinajstić information content (AvgIpc) is 2.38. The molecule has 0 aliphatic heterocycles. The van der Waals surface area contributed by atoms with Crippen molar-refractivity contribution in [2.45, 2.75) is 13.0 Å². The normalized spacial score (nSPS) is 13.5. The lowest BCUT2D eigenvalue weighted by atomic mass is 10.1. The standard InChI is InChI=1S/C13H20ClN3O3S/c1-10(11-5-7-12(14)8-6-11)15-13(18)9-17(4)21(19,20)16(2)3/h5-8,10H,9H2,1-4H3,(H,15,18). The Morgan fingerprint density at radius 1 is 1.24 bits per heavy atom. The van der Waals surface area contributed by atoms with Crippen molar-refractivity contribution in [2.24, 2.45) is 0 Å². The van der Waals surface area contributed by atoms with Gasteiger partial charge in [0, 0.05) is 26.2 Å². The maximum Gasteiger partial charge on any atom is 0.281 e. The minimum atomic E-state index is -3.59. The summed E-state index contributed by atoms with van der Waals surface area (Å²) in [7, 11) is 0.607. The first-order valence-corrected chi connectivity index (χ1v) is 8.10. The monoisotopic (exact) mass is 333 g/mol. The van der Waals surface area contributed by atoms with Gasteiger partial charge in [-0.1, -0.05) is 23.7 Å². The Bertz CT molecular complexity index is 587. The second-order valence-corrected chi connectivity index (χ2v) is 7.57. The van der Waals surface area contributed by atoms with Gasteiger partial charge in [0.25, 0.3) is 10.2 Å². The van der Waals surface area contributed by atoms with Gasteiger partial charge in [-0.05, 0) is 24.6 Å². The molecular weight excluding hydrogens is 314 g/mol. The molecule has 1 aromatic rings. The molecule has 0 aliphatic carbocycles. The molecule has 1 amide bonds. The highest BCUT2D eigenvalue weighted by Crippen LogP contribution is 2.16. The smallest absolute Gasteiger partial charge is 0.281 e. The van der Waals surface area contributed by atoms with Crippen LogP contribution in [0.5, 0.6) is 0 Å². The van der Waals surface area contributed by atoms with E-state index in [4.69, 9.17) is 11.6 Å². The van der Waals surface area contributed by atoms with Gasteiger partial charge in [0.1, 0.15) is 0 Å². The van der Waals surface area contributed by atoms with E-state index >= 15 is 0 Å². The van der Waals surface area contributed by atoms with Crippen molar-refractivity contribution in [3.05, 3.63) is 34.9 Å². The lowest BCUT2D eigenvalue weighted by molar-refractivity contribution is -0.121. The number of benzene rings is 1. The molecule has 1 unspecified atom stereocenters. The van der Waals surface area contributed by atoms with Crippen molar-refractivity contribution in [1.29, 1.82) is 0 Å². The molecule has 0 heterocycles. The third kappa shape index (κ3) is 4.96. The van der Waals surface area contributed by atoms with E-state index in [2.05, 4.69) is 5.32 Å². The van der Waals surface area contributed by atoms with Gasteiger partial charge in [-0.3, -0.25) is 4.79 Å². The summed E-state index contributed by atoms with van der Waals surface area (Å²) in [6, 6.07) is 6.87. The van der Waals surface area contributed by atoms with Crippen LogP contribution in [0.25, 0.3) is 0 Å². The van der Waals surface area contributed by atoms with Crippen molar-refractivity contribution in [2.75, 3.05) is 27.7 Å². The summed E-state index contributed by atoms with van der Waals surface area (Å²) in [5, 5.41) is 3.37. The van der Waals surface area contributed by atoms with Crippen LogP contribution in [0.3, 0.4) is 0 Å². The van der Waals surface area contributed by atoms with Crippen molar-refractivity contribution in [3.63, 3.8) is 0 Å². The molecule has 8 heteroatoms. The van der Waals surface area contributed by atoms with Gasteiger partial charge >= 0.3 is 0 Å². The zero-order valence-electron chi connectivity index (χ0n) is 12.5. The van der Waals surface area contributed by atoms with Crippen LogP contribution in [0.4, 0.5) is 0 Å². The molecule has 0 saturated heterocycles. The maximum atomic E-state index is 11.9. The Labute approximate surface area is 130 Å². The van der Waals surface area contributed by atoms with Gasteiger partial charge < -0.3 is 5.32 Å². The number of halogens is 1. The molecule has 0 spiro atoms. The lowest BCUT2D eigenvalue weighted by Gasteiger charge is -2.22. The Kier molecular flexibility index (Phi) is 6.15. The number of rotatable bonds is 6. The molecule has 118 valence electrons. The van der Waals surface area contributed by atoms with Gasteiger partial charge in [0.2, 0.25) is 5.91 Å². The molecule has 0 aromatic heterocycles. The van der Waals surface area contributed by atoms with Crippen LogP contribution in [0, 0.1) is 0 Å². The number of nitrogens with one attached hydrogen (secondary N) is 1. The Balaban J connectivity index is 2.63. The van der Waals surface area contributed by atoms with E-state index in [0.29, 0.717) is 5.02 Å². The predicted octanol–water partition coefficient (Wildman–Crippen LogP) is 1.26.